The summed E-state index contributed by atoms with van der Waals surface area (Å²) in [4.78, 5) is 0. The summed E-state index contributed by atoms with van der Waals surface area (Å²) < 4.78 is 6.04. The summed E-state index contributed by atoms with van der Waals surface area (Å²) in [6, 6.07) is 18.0. The molecule has 1 N–H and O–H groups in total. The van der Waals surface area contributed by atoms with Crippen LogP contribution in [0.15, 0.2) is 48.5 Å². The zero-order valence-electron chi connectivity index (χ0n) is 11.9. The number of para-hydroxylation sites is 1. The molecule has 0 saturated carbocycles. The average molecular weight is 278 g/mol. The highest BCUT2D eigenvalue weighted by atomic mass is 16.5. The van der Waals surface area contributed by atoms with Gasteiger partial charge in [0.05, 0.1) is 12.2 Å². The molecule has 0 spiro atoms. The molecule has 3 rings (SSSR count). The largest absolute Gasteiger partial charge is 0.491 e. The van der Waals surface area contributed by atoms with E-state index in [1.54, 1.807) is 0 Å². The molecule has 2 aromatic rings. The molecule has 0 amide bonds. The summed E-state index contributed by atoms with van der Waals surface area (Å²) in [5.41, 5.74) is 2.66. The standard InChI is InChI=1S/C18H18N2O/c19-11-16-7-4-8-17(15-5-2-1-3-6-15)18(16)21-13-14-9-10-20-12-14/h1-8,14,20H,9-10,12-13H2. The van der Waals surface area contributed by atoms with Gasteiger partial charge in [-0.15, -0.1) is 0 Å². The van der Waals surface area contributed by atoms with E-state index in [2.05, 4.69) is 11.4 Å². The van der Waals surface area contributed by atoms with Crippen LogP contribution >= 0.6 is 0 Å². The Kier molecular flexibility index (Phi) is 4.18. The van der Waals surface area contributed by atoms with Gasteiger partial charge in [0.15, 0.2) is 0 Å². The zero-order valence-corrected chi connectivity index (χ0v) is 11.9. The van der Waals surface area contributed by atoms with Gasteiger partial charge in [0, 0.05) is 18.0 Å². The molecule has 1 fully saturated rings. The van der Waals surface area contributed by atoms with Gasteiger partial charge < -0.3 is 10.1 Å². The molecule has 1 heterocycles. The molecule has 0 aromatic heterocycles. The van der Waals surface area contributed by atoms with E-state index >= 15 is 0 Å². The maximum Gasteiger partial charge on any atom is 0.144 e. The van der Waals surface area contributed by atoms with E-state index in [0.717, 1.165) is 30.6 Å². The fourth-order valence-corrected chi connectivity index (χ4v) is 2.68. The molecular formula is C18H18N2O. The second-order valence-corrected chi connectivity index (χ2v) is 5.33. The molecule has 1 atom stereocenters. The molecule has 1 saturated heterocycles. The minimum Gasteiger partial charge on any atom is -0.491 e. The summed E-state index contributed by atoms with van der Waals surface area (Å²) in [5, 5.41) is 12.7. The highest BCUT2D eigenvalue weighted by Crippen LogP contribution is 2.33. The van der Waals surface area contributed by atoms with Crippen molar-refractivity contribution in [3.05, 3.63) is 54.1 Å². The van der Waals surface area contributed by atoms with E-state index in [1.807, 2.05) is 48.5 Å². The molecular weight excluding hydrogens is 260 g/mol. The van der Waals surface area contributed by atoms with Crippen LogP contribution in [-0.4, -0.2) is 19.7 Å². The van der Waals surface area contributed by atoms with Gasteiger partial charge in [-0.05, 0) is 24.6 Å². The van der Waals surface area contributed by atoms with Crippen LogP contribution in [0.2, 0.25) is 0 Å². The Balaban J connectivity index is 1.91. The van der Waals surface area contributed by atoms with Gasteiger partial charge >= 0.3 is 0 Å². The lowest BCUT2D eigenvalue weighted by atomic mass is 10.0. The normalized spacial score (nSPS) is 17.4. The summed E-state index contributed by atoms with van der Waals surface area (Å²) in [7, 11) is 0. The first-order valence-electron chi connectivity index (χ1n) is 7.30. The zero-order chi connectivity index (χ0) is 14.5. The van der Waals surface area contributed by atoms with Gasteiger partial charge in [-0.3, -0.25) is 0 Å². The SMILES string of the molecule is N#Cc1cccc(-c2ccccc2)c1OCC1CCNC1. The monoisotopic (exact) mass is 278 g/mol. The minimum atomic E-state index is 0.528. The number of nitrogens with zero attached hydrogens (tertiary/aromatic N) is 1. The molecule has 106 valence electrons. The molecule has 21 heavy (non-hydrogen) atoms. The molecule has 3 heteroatoms. The highest BCUT2D eigenvalue weighted by molar-refractivity contribution is 5.73. The molecule has 1 unspecified atom stereocenters. The second kappa shape index (κ2) is 6.43. The van der Waals surface area contributed by atoms with Crippen molar-refractivity contribution in [3.63, 3.8) is 0 Å². The first-order valence-corrected chi connectivity index (χ1v) is 7.30. The van der Waals surface area contributed by atoms with Crippen molar-refractivity contribution in [1.29, 1.82) is 5.26 Å². The van der Waals surface area contributed by atoms with Crippen LogP contribution in [-0.2, 0) is 0 Å². The number of nitriles is 1. The Hall–Kier alpha value is -2.31. The van der Waals surface area contributed by atoms with E-state index < -0.39 is 0 Å². The van der Waals surface area contributed by atoms with Gasteiger partial charge in [0.25, 0.3) is 0 Å². The Morgan fingerprint density at radius 2 is 2.00 bits per heavy atom. The van der Waals surface area contributed by atoms with E-state index in [-0.39, 0.29) is 0 Å². The third-order valence-corrected chi connectivity index (χ3v) is 3.85. The van der Waals surface area contributed by atoms with E-state index in [1.165, 1.54) is 0 Å². The van der Waals surface area contributed by atoms with E-state index in [0.29, 0.717) is 23.8 Å². The fourth-order valence-electron chi connectivity index (χ4n) is 2.68. The number of hydrogen-bond donors (Lipinski definition) is 1. The van der Waals surface area contributed by atoms with E-state index in [9.17, 15) is 5.26 Å². The molecule has 3 nitrogen and oxygen atoms in total. The Morgan fingerprint density at radius 3 is 2.71 bits per heavy atom. The summed E-state index contributed by atoms with van der Waals surface area (Å²) in [6.45, 7) is 2.71. The lowest BCUT2D eigenvalue weighted by Crippen LogP contribution is -2.16. The fraction of sp³-hybridized carbons (Fsp3) is 0.278. The van der Waals surface area contributed by atoms with Crippen LogP contribution in [0.1, 0.15) is 12.0 Å². The predicted molar refractivity (Wildman–Crippen MR) is 83.1 cm³/mol. The third-order valence-electron chi connectivity index (χ3n) is 3.85. The van der Waals surface area contributed by atoms with Crippen LogP contribution in [0.4, 0.5) is 0 Å². The Morgan fingerprint density at radius 1 is 1.14 bits per heavy atom. The van der Waals surface area contributed by atoms with Crippen molar-refractivity contribution in [2.75, 3.05) is 19.7 Å². The van der Waals surface area contributed by atoms with Gasteiger partial charge in [-0.25, -0.2) is 0 Å². The quantitative estimate of drug-likeness (QED) is 0.934. The predicted octanol–water partition coefficient (Wildman–Crippen LogP) is 3.21. The van der Waals surface area contributed by atoms with Gasteiger partial charge in [0.1, 0.15) is 11.8 Å². The maximum atomic E-state index is 9.34. The molecule has 0 aliphatic carbocycles. The second-order valence-electron chi connectivity index (χ2n) is 5.33. The number of rotatable bonds is 4. The molecule has 0 bridgehead atoms. The summed E-state index contributed by atoms with van der Waals surface area (Å²) in [6.07, 6.45) is 1.13. The number of nitrogens with one attached hydrogen (secondary N) is 1. The average Bonchev–Trinajstić information content (AvgIpc) is 3.07. The first-order chi connectivity index (χ1) is 10.4. The first kappa shape index (κ1) is 13.7. The lowest BCUT2D eigenvalue weighted by Gasteiger charge is -2.16. The minimum absolute atomic E-state index is 0.528. The van der Waals surface area contributed by atoms with Crippen molar-refractivity contribution in [3.8, 4) is 22.9 Å². The third kappa shape index (κ3) is 3.07. The van der Waals surface area contributed by atoms with Crippen molar-refractivity contribution in [1.82, 2.24) is 5.32 Å². The number of hydrogen-bond acceptors (Lipinski definition) is 3. The molecule has 0 radical (unpaired) electrons. The van der Waals surface area contributed by atoms with Crippen molar-refractivity contribution in [2.45, 2.75) is 6.42 Å². The maximum absolute atomic E-state index is 9.34. The number of ether oxygens (including phenoxy) is 1. The van der Waals surface area contributed by atoms with Crippen LogP contribution in [0.25, 0.3) is 11.1 Å². The van der Waals surface area contributed by atoms with Gasteiger partial charge in [-0.2, -0.15) is 5.26 Å². The van der Waals surface area contributed by atoms with Gasteiger partial charge in [0.2, 0.25) is 0 Å². The summed E-state index contributed by atoms with van der Waals surface area (Å²) in [5.74, 6) is 1.23. The van der Waals surface area contributed by atoms with Crippen molar-refractivity contribution < 1.29 is 4.74 Å². The van der Waals surface area contributed by atoms with Crippen LogP contribution < -0.4 is 10.1 Å². The molecule has 1 aliphatic heterocycles. The van der Waals surface area contributed by atoms with Crippen LogP contribution in [0.3, 0.4) is 0 Å². The topological polar surface area (TPSA) is 45.0 Å². The Bertz CT molecular complexity index is 640. The summed E-state index contributed by atoms with van der Waals surface area (Å²) >= 11 is 0. The highest BCUT2D eigenvalue weighted by Gasteiger charge is 2.17. The smallest absolute Gasteiger partial charge is 0.144 e. The van der Waals surface area contributed by atoms with Crippen molar-refractivity contribution >= 4 is 0 Å². The molecule has 2 aromatic carbocycles. The van der Waals surface area contributed by atoms with Gasteiger partial charge in [-0.1, -0.05) is 42.5 Å². The van der Waals surface area contributed by atoms with Crippen LogP contribution in [0.5, 0.6) is 5.75 Å². The Labute approximate surface area is 125 Å². The van der Waals surface area contributed by atoms with Crippen molar-refractivity contribution in [2.24, 2.45) is 5.92 Å². The molecule has 1 aliphatic rings. The van der Waals surface area contributed by atoms with E-state index in [4.69, 9.17) is 4.74 Å². The number of benzene rings is 2. The lowest BCUT2D eigenvalue weighted by molar-refractivity contribution is 0.260. The van der Waals surface area contributed by atoms with Crippen LogP contribution in [0, 0.1) is 17.2 Å².